The Bertz CT molecular complexity index is 968. The van der Waals surface area contributed by atoms with Gasteiger partial charge in [0, 0.05) is 37.9 Å². The number of aliphatic imine (C=N–C) groups is 1. The first-order valence-corrected chi connectivity index (χ1v) is 13.0. The molecule has 2 rings (SSSR count). The summed E-state index contributed by atoms with van der Waals surface area (Å²) in [7, 11) is 1.80. The van der Waals surface area contributed by atoms with Crippen LogP contribution in [0.1, 0.15) is 71.8 Å². The molecule has 0 saturated carbocycles. The van der Waals surface area contributed by atoms with Gasteiger partial charge in [0.15, 0.2) is 0 Å². The molecule has 3 nitrogen and oxygen atoms in total. The highest BCUT2D eigenvalue weighted by molar-refractivity contribution is 5.73. The van der Waals surface area contributed by atoms with Crippen LogP contribution in [-0.4, -0.2) is 13.3 Å². The van der Waals surface area contributed by atoms with Crippen molar-refractivity contribution in [1.29, 1.82) is 0 Å². The van der Waals surface area contributed by atoms with E-state index in [2.05, 4.69) is 16.2 Å². The Hall–Kier alpha value is -3.13. The van der Waals surface area contributed by atoms with Crippen LogP contribution < -0.4 is 5.32 Å². The molecule has 2 unspecified atom stereocenters. The van der Waals surface area contributed by atoms with Crippen molar-refractivity contribution < 1.29 is 13.5 Å². The summed E-state index contributed by atoms with van der Waals surface area (Å²) in [6, 6.07) is 9.63. The van der Waals surface area contributed by atoms with Crippen molar-refractivity contribution in [3.63, 3.8) is 0 Å². The second-order valence-electron chi connectivity index (χ2n) is 8.37. The van der Waals surface area contributed by atoms with Crippen molar-refractivity contribution >= 4 is 6.21 Å². The number of nitrogens with one attached hydrogen (secondary N) is 1. The monoisotopic (exact) mass is 496 g/mol. The molecule has 0 radical (unpaired) electrons. The quantitative estimate of drug-likeness (QED) is 0.219. The van der Waals surface area contributed by atoms with Crippen LogP contribution in [0.5, 0.6) is 0 Å². The van der Waals surface area contributed by atoms with Crippen LogP contribution in [0.4, 0.5) is 8.78 Å². The van der Waals surface area contributed by atoms with E-state index in [9.17, 15) is 8.78 Å². The van der Waals surface area contributed by atoms with E-state index in [0.717, 1.165) is 17.0 Å². The van der Waals surface area contributed by atoms with Gasteiger partial charge in [-0.05, 0) is 42.9 Å². The van der Waals surface area contributed by atoms with Crippen LogP contribution in [0, 0.1) is 24.2 Å². The maximum Gasteiger partial charge on any atom is 0.137 e. The third-order valence-electron chi connectivity index (χ3n) is 5.73. The van der Waals surface area contributed by atoms with Crippen LogP contribution in [0.25, 0.3) is 0 Å². The number of hydrogen-bond donors (Lipinski definition) is 1. The second-order valence-corrected chi connectivity index (χ2v) is 8.37. The van der Waals surface area contributed by atoms with Gasteiger partial charge in [0.1, 0.15) is 24.0 Å². The molecule has 0 bridgehead atoms. The van der Waals surface area contributed by atoms with Crippen molar-refractivity contribution in [2.24, 2.45) is 16.8 Å². The predicted molar refractivity (Wildman–Crippen MR) is 148 cm³/mol. The summed E-state index contributed by atoms with van der Waals surface area (Å²) < 4.78 is 35.3. The summed E-state index contributed by atoms with van der Waals surface area (Å²) in [6.45, 7) is 8.04. The number of terminal acetylenes is 1. The van der Waals surface area contributed by atoms with E-state index in [1.54, 1.807) is 13.3 Å². The Kier molecular flexibility index (Phi) is 15.6. The normalized spacial score (nSPS) is 15.7. The maximum absolute atomic E-state index is 14.9. The smallest absolute Gasteiger partial charge is 0.137 e. The SMILES string of the molecule is C#CC(CC(C)/C(F)=C\CC/C(OCc1ccccc1)=C(/F)CCC)C1=C(NC)N=CC=CC1.CC. The van der Waals surface area contributed by atoms with E-state index < -0.39 is 0 Å². The standard InChI is InChI=1S/C29H36F2N2O.C2H6/c1-5-13-27(31)28(34-21-23-14-8-7-9-15-23)18-12-17-26(30)22(3)20-24(6-2)25-16-10-11-19-33-29(25)32-4;1-2/h2,7-11,14-15,17,19,22,24,32H,5,12-13,16,18,20-21H2,1,3-4H3;1-2H3/b26-17+,28-27-;. The van der Waals surface area contributed by atoms with Gasteiger partial charge in [-0.25, -0.2) is 13.8 Å². The van der Waals surface area contributed by atoms with Crippen LogP contribution in [-0.2, 0) is 11.3 Å². The summed E-state index contributed by atoms with van der Waals surface area (Å²) in [4.78, 5) is 4.38. The van der Waals surface area contributed by atoms with E-state index in [0.29, 0.717) is 50.9 Å². The van der Waals surface area contributed by atoms with Crippen LogP contribution >= 0.6 is 0 Å². The Balaban J connectivity index is 0.00000316. The fraction of sp³-hybridized carbons (Fsp3) is 0.452. The van der Waals surface area contributed by atoms with Crippen molar-refractivity contribution in [2.45, 2.75) is 72.8 Å². The minimum atomic E-state index is -0.360. The van der Waals surface area contributed by atoms with Crippen LogP contribution in [0.3, 0.4) is 0 Å². The minimum absolute atomic E-state index is 0.233. The molecule has 0 spiro atoms. The first-order valence-electron chi connectivity index (χ1n) is 13.0. The van der Waals surface area contributed by atoms with Crippen molar-refractivity contribution in [3.8, 4) is 12.3 Å². The largest absolute Gasteiger partial charge is 0.491 e. The van der Waals surface area contributed by atoms with E-state index in [4.69, 9.17) is 11.2 Å². The van der Waals surface area contributed by atoms with Crippen molar-refractivity contribution in [2.75, 3.05) is 7.05 Å². The van der Waals surface area contributed by atoms with Gasteiger partial charge in [-0.15, -0.1) is 6.42 Å². The fourth-order valence-electron chi connectivity index (χ4n) is 3.79. The summed E-state index contributed by atoms with van der Waals surface area (Å²) >= 11 is 0. The third kappa shape index (κ3) is 10.6. The summed E-state index contributed by atoms with van der Waals surface area (Å²) in [6.07, 6.45) is 15.8. The molecule has 1 heterocycles. The second kappa shape index (κ2) is 18.2. The van der Waals surface area contributed by atoms with Gasteiger partial charge >= 0.3 is 0 Å². The first kappa shape index (κ1) is 30.9. The number of ether oxygens (including phenoxy) is 1. The molecule has 0 aliphatic carbocycles. The summed E-state index contributed by atoms with van der Waals surface area (Å²) in [5.41, 5.74) is 1.95. The molecule has 1 aromatic carbocycles. The lowest BCUT2D eigenvalue weighted by molar-refractivity contribution is 0.176. The molecular weight excluding hydrogens is 454 g/mol. The van der Waals surface area contributed by atoms with E-state index in [1.807, 2.05) is 70.2 Å². The molecule has 1 aromatic rings. The summed E-state index contributed by atoms with van der Waals surface area (Å²) in [5, 5.41) is 3.09. The van der Waals surface area contributed by atoms with Gasteiger partial charge in [-0.2, -0.15) is 0 Å². The van der Waals surface area contributed by atoms with Gasteiger partial charge in [0.2, 0.25) is 0 Å². The van der Waals surface area contributed by atoms with Crippen molar-refractivity contribution in [3.05, 3.63) is 82.9 Å². The molecule has 1 aliphatic rings. The molecule has 5 heteroatoms. The van der Waals surface area contributed by atoms with Gasteiger partial charge < -0.3 is 10.1 Å². The molecule has 36 heavy (non-hydrogen) atoms. The van der Waals surface area contributed by atoms with E-state index >= 15 is 0 Å². The van der Waals surface area contributed by atoms with Crippen LogP contribution in [0.2, 0.25) is 0 Å². The Labute approximate surface area is 217 Å². The highest BCUT2D eigenvalue weighted by Crippen LogP contribution is 2.30. The molecule has 0 aromatic heterocycles. The Morgan fingerprint density at radius 1 is 1.22 bits per heavy atom. The number of benzene rings is 1. The van der Waals surface area contributed by atoms with E-state index in [1.165, 1.54) is 6.08 Å². The Morgan fingerprint density at radius 3 is 2.58 bits per heavy atom. The molecule has 196 valence electrons. The zero-order valence-corrected chi connectivity index (χ0v) is 22.5. The lowest BCUT2D eigenvalue weighted by Crippen LogP contribution is -2.15. The lowest BCUT2D eigenvalue weighted by atomic mass is 9.87. The number of nitrogens with zero attached hydrogens (tertiary/aromatic N) is 1. The highest BCUT2D eigenvalue weighted by atomic mass is 19.1. The number of hydrogen-bond acceptors (Lipinski definition) is 3. The Morgan fingerprint density at radius 2 is 1.94 bits per heavy atom. The van der Waals surface area contributed by atoms with Crippen molar-refractivity contribution in [1.82, 2.24) is 5.32 Å². The number of allylic oxidation sites excluding steroid dienone is 7. The van der Waals surface area contributed by atoms with Gasteiger partial charge in [0.25, 0.3) is 0 Å². The van der Waals surface area contributed by atoms with Gasteiger partial charge in [-0.1, -0.05) is 76.1 Å². The van der Waals surface area contributed by atoms with E-state index in [-0.39, 0.29) is 23.5 Å². The molecule has 2 atom stereocenters. The molecular formula is C31H42F2N2O. The highest BCUT2D eigenvalue weighted by Gasteiger charge is 2.21. The molecule has 0 amide bonds. The van der Waals surface area contributed by atoms with Gasteiger partial charge in [-0.3, -0.25) is 0 Å². The summed E-state index contributed by atoms with van der Waals surface area (Å²) in [5.74, 6) is 2.75. The number of rotatable bonds is 13. The molecule has 1 N–H and O–H groups in total. The average Bonchev–Trinajstić information content (AvgIpc) is 3.16. The predicted octanol–water partition coefficient (Wildman–Crippen LogP) is 8.58. The molecule has 0 saturated heterocycles. The fourth-order valence-corrected chi connectivity index (χ4v) is 3.79. The van der Waals surface area contributed by atoms with Gasteiger partial charge in [0.05, 0.1) is 5.83 Å². The topological polar surface area (TPSA) is 33.6 Å². The van der Waals surface area contributed by atoms with Crippen LogP contribution in [0.15, 0.2) is 82.4 Å². The zero-order chi connectivity index (χ0) is 26.8. The zero-order valence-electron chi connectivity index (χ0n) is 22.5. The lowest BCUT2D eigenvalue weighted by Gasteiger charge is -2.20. The average molecular weight is 497 g/mol. The minimum Gasteiger partial charge on any atom is -0.491 e. The third-order valence-corrected chi connectivity index (χ3v) is 5.73. The first-order chi connectivity index (χ1) is 17.5. The number of halogens is 2. The maximum atomic E-state index is 14.9. The molecule has 1 aliphatic heterocycles. The molecule has 0 fully saturated rings.